The van der Waals surface area contributed by atoms with E-state index in [0.29, 0.717) is 0 Å². The van der Waals surface area contributed by atoms with E-state index in [4.69, 9.17) is 21.6 Å². The minimum absolute atomic E-state index is 0.157. The second-order valence-electron chi connectivity index (χ2n) is 4.02. The lowest BCUT2D eigenvalue weighted by atomic mass is 10.2. The van der Waals surface area contributed by atoms with Crippen LogP contribution >= 0.6 is 0 Å². The highest BCUT2D eigenvalue weighted by Gasteiger charge is 2.23. The third-order valence-electron chi connectivity index (χ3n) is 2.76. The largest absolute Gasteiger partial charge is 0.740 e. The fraction of sp³-hybridized carbons (Fsp3) is 0.200. The molecule has 102 valence electrons. The van der Waals surface area contributed by atoms with Gasteiger partial charge in [0.15, 0.2) is 0 Å². The van der Waals surface area contributed by atoms with Crippen LogP contribution in [0.2, 0.25) is 0 Å². The molecular formula is C10H14N6O3. The Labute approximate surface area is 108 Å². The molecule has 0 aromatic carbocycles. The fourth-order valence-corrected chi connectivity index (χ4v) is 1.60. The molecule has 0 saturated heterocycles. The van der Waals surface area contributed by atoms with E-state index in [0.717, 1.165) is 5.56 Å². The molecule has 0 fully saturated rings. The Kier molecular flexibility index (Phi) is 2.95. The number of hydrogen-bond donors (Lipinski definition) is 4. The van der Waals surface area contributed by atoms with E-state index < -0.39 is 11.6 Å². The molecule has 2 aromatic rings. The maximum absolute atomic E-state index is 11.9. The Bertz CT molecular complexity index is 569. The van der Waals surface area contributed by atoms with Crippen molar-refractivity contribution in [3.8, 4) is 0 Å². The number of furan rings is 1. The number of anilines is 4. The molecular weight excluding hydrogens is 252 g/mol. The van der Waals surface area contributed by atoms with E-state index in [1.165, 1.54) is 12.5 Å². The number of aromatic nitrogens is 2. The predicted octanol–water partition coefficient (Wildman–Crippen LogP) is -0.534. The fourth-order valence-electron chi connectivity index (χ4n) is 1.60. The minimum atomic E-state index is -0.436. The molecule has 0 aliphatic rings. The summed E-state index contributed by atoms with van der Waals surface area (Å²) in [6.45, 7) is 1.77. The summed E-state index contributed by atoms with van der Waals surface area (Å²) in [6.07, 6.45) is 3.00. The van der Waals surface area contributed by atoms with Crippen molar-refractivity contribution in [2.75, 3.05) is 22.5 Å². The quantitative estimate of drug-likeness (QED) is 0.429. The second kappa shape index (κ2) is 4.44. The van der Waals surface area contributed by atoms with Crippen LogP contribution in [-0.4, -0.2) is 0 Å². The monoisotopic (exact) mass is 266 g/mol. The normalized spacial score (nSPS) is 12.3. The first kappa shape index (κ1) is 12.6. The summed E-state index contributed by atoms with van der Waals surface area (Å²) in [6, 6.07) is 1.42. The van der Waals surface area contributed by atoms with Crippen molar-refractivity contribution in [3.05, 3.63) is 34.6 Å². The van der Waals surface area contributed by atoms with Crippen LogP contribution in [0, 0.1) is 10.4 Å². The van der Waals surface area contributed by atoms with Crippen molar-refractivity contribution >= 4 is 23.3 Å². The lowest BCUT2D eigenvalue weighted by molar-refractivity contribution is -0.623. The van der Waals surface area contributed by atoms with Crippen LogP contribution in [-0.2, 0) is 0 Å². The summed E-state index contributed by atoms with van der Waals surface area (Å²) < 4.78 is 5.42. The van der Waals surface area contributed by atoms with Gasteiger partial charge in [-0.05, 0) is 13.0 Å². The lowest BCUT2D eigenvalue weighted by Crippen LogP contribution is -2.47. The summed E-state index contributed by atoms with van der Waals surface area (Å²) in [5.74, 6) is -1.35. The minimum Gasteiger partial charge on any atom is -0.740 e. The van der Waals surface area contributed by atoms with Crippen molar-refractivity contribution in [3.63, 3.8) is 0 Å². The van der Waals surface area contributed by atoms with Crippen molar-refractivity contribution in [2.24, 2.45) is 0 Å². The van der Waals surface area contributed by atoms with Gasteiger partial charge in [0.2, 0.25) is 0 Å². The molecule has 1 atom stereocenters. The molecule has 9 nitrogen and oxygen atoms in total. The van der Waals surface area contributed by atoms with E-state index in [1.54, 1.807) is 13.0 Å². The van der Waals surface area contributed by atoms with Crippen LogP contribution < -0.4 is 32.0 Å². The van der Waals surface area contributed by atoms with Gasteiger partial charge < -0.3 is 32.0 Å². The summed E-state index contributed by atoms with van der Waals surface area (Å²) in [5, 5.41) is 26.3. The second-order valence-corrected chi connectivity index (χ2v) is 4.02. The zero-order valence-corrected chi connectivity index (χ0v) is 10.2. The molecule has 0 amide bonds. The van der Waals surface area contributed by atoms with Crippen molar-refractivity contribution < 1.29 is 13.9 Å². The zero-order chi connectivity index (χ0) is 14.2. The van der Waals surface area contributed by atoms with Crippen molar-refractivity contribution in [1.29, 1.82) is 0 Å². The summed E-state index contributed by atoms with van der Waals surface area (Å²) >= 11 is 0. The topological polar surface area (TPSA) is 157 Å². The van der Waals surface area contributed by atoms with Gasteiger partial charge >= 0.3 is 0 Å². The van der Waals surface area contributed by atoms with Gasteiger partial charge in [-0.25, -0.2) is 9.46 Å². The maximum Gasteiger partial charge on any atom is 0.297 e. The van der Waals surface area contributed by atoms with Gasteiger partial charge in [0.1, 0.15) is 0 Å². The molecule has 2 rings (SSSR count). The number of nitrogens with two attached hydrogens (primary N) is 3. The molecule has 9 heteroatoms. The maximum atomic E-state index is 11.9. The van der Waals surface area contributed by atoms with Crippen LogP contribution in [0.25, 0.3) is 0 Å². The molecule has 2 aromatic heterocycles. The van der Waals surface area contributed by atoms with Crippen LogP contribution in [0.5, 0.6) is 0 Å². The molecule has 0 bridgehead atoms. The third kappa shape index (κ3) is 2.01. The predicted molar refractivity (Wildman–Crippen MR) is 68.3 cm³/mol. The van der Waals surface area contributed by atoms with E-state index in [-0.39, 0.29) is 27.1 Å². The smallest absolute Gasteiger partial charge is 0.297 e. The Balaban J connectivity index is 2.41. The number of nitrogens with one attached hydrogen (secondary N) is 1. The van der Waals surface area contributed by atoms with Gasteiger partial charge in [0, 0.05) is 5.56 Å². The zero-order valence-electron chi connectivity index (χ0n) is 10.2. The van der Waals surface area contributed by atoms with Gasteiger partial charge in [-0.3, -0.25) is 5.32 Å². The Morgan fingerprint density at radius 3 is 2.37 bits per heavy atom. The van der Waals surface area contributed by atoms with Crippen molar-refractivity contribution in [1.82, 2.24) is 0 Å². The number of nitrogen functional groups attached to an aromatic ring is 3. The van der Waals surface area contributed by atoms with E-state index >= 15 is 0 Å². The van der Waals surface area contributed by atoms with Crippen LogP contribution in [0.4, 0.5) is 23.3 Å². The molecule has 0 radical (unpaired) electrons. The highest BCUT2D eigenvalue weighted by molar-refractivity contribution is 5.56. The molecule has 0 saturated carbocycles. The van der Waals surface area contributed by atoms with E-state index in [2.05, 4.69) is 5.32 Å². The lowest BCUT2D eigenvalue weighted by Gasteiger charge is -2.20. The van der Waals surface area contributed by atoms with Crippen molar-refractivity contribution in [2.45, 2.75) is 13.0 Å². The third-order valence-corrected chi connectivity index (χ3v) is 2.76. The van der Waals surface area contributed by atoms with Crippen LogP contribution in [0.3, 0.4) is 0 Å². The van der Waals surface area contributed by atoms with Gasteiger partial charge in [-0.15, -0.1) is 0 Å². The number of nitrogens with zero attached hydrogens (tertiary/aromatic N) is 2. The molecule has 0 aliphatic heterocycles. The first-order valence-corrected chi connectivity index (χ1v) is 5.41. The van der Waals surface area contributed by atoms with Crippen LogP contribution in [0.15, 0.2) is 23.0 Å². The Hall–Kier alpha value is -2.84. The van der Waals surface area contributed by atoms with Gasteiger partial charge in [0.05, 0.1) is 18.6 Å². The average molecular weight is 266 g/mol. The highest BCUT2D eigenvalue weighted by Crippen LogP contribution is 2.21. The Morgan fingerprint density at radius 2 is 1.79 bits per heavy atom. The highest BCUT2D eigenvalue weighted by atomic mass is 16.5. The Morgan fingerprint density at radius 1 is 1.16 bits per heavy atom. The first-order chi connectivity index (χ1) is 8.93. The molecule has 0 spiro atoms. The molecule has 19 heavy (non-hydrogen) atoms. The summed E-state index contributed by atoms with van der Waals surface area (Å²) in [5.41, 5.74) is 17.1. The molecule has 1 unspecified atom stereocenters. The number of hydrogen-bond acceptors (Lipinski definition) is 7. The molecule has 7 N–H and O–H groups in total. The molecule has 0 aliphatic carbocycles. The van der Waals surface area contributed by atoms with Gasteiger partial charge in [-0.1, -0.05) is 0 Å². The van der Waals surface area contributed by atoms with E-state index in [9.17, 15) is 10.4 Å². The van der Waals surface area contributed by atoms with Gasteiger partial charge in [-0.2, -0.15) is 0 Å². The molecule has 2 heterocycles. The van der Waals surface area contributed by atoms with Crippen LogP contribution in [0.1, 0.15) is 18.5 Å². The van der Waals surface area contributed by atoms with E-state index in [1.807, 2.05) is 0 Å². The standard InChI is InChI=1S/C10H14N6O3/c1-5(6-2-3-19-4-6)14-10-9(13)15(17)7(11)8(12)16(10)18/h2-5,14H,11-13H2,1H3. The number of rotatable bonds is 3. The summed E-state index contributed by atoms with van der Waals surface area (Å²) in [4.78, 5) is 0. The first-order valence-electron chi connectivity index (χ1n) is 5.41. The summed E-state index contributed by atoms with van der Waals surface area (Å²) in [7, 11) is 0. The van der Waals surface area contributed by atoms with Gasteiger partial charge in [0.25, 0.3) is 23.3 Å². The SMILES string of the molecule is CC(Nc1c(N)[n+]([O-])c(N)c(N)[n+]1[O-])c1ccoc1. The average Bonchev–Trinajstić information content (AvgIpc) is 2.93.